The third-order valence-electron chi connectivity index (χ3n) is 3.72. The van der Waals surface area contributed by atoms with Gasteiger partial charge in [0.2, 0.25) is 0 Å². The fourth-order valence-corrected chi connectivity index (χ4v) is 2.35. The molecule has 0 bridgehead atoms. The van der Waals surface area contributed by atoms with E-state index >= 15 is 0 Å². The van der Waals surface area contributed by atoms with Gasteiger partial charge < -0.3 is 14.2 Å². The number of hydrogen-bond acceptors (Lipinski definition) is 5. The molecule has 0 aromatic heterocycles. The predicted molar refractivity (Wildman–Crippen MR) is 96.7 cm³/mol. The van der Waals surface area contributed by atoms with Crippen LogP contribution in [0.15, 0.2) is 24.3 Å². The predicted octanol–water partition coefficient (Wildman–Crippen LogP) is 4.25. The molecule has 1 rings (SSSR count). The molecule has 25 heavy (non-hydrogen) atoms. The molecular weight excluding hydrogens is 320 g/mol. The Hall–Kier alpha value is -1.88. The van der Waals surface area contributed by atoms with Crippen molar-refractivity contribution in [3.8, 4) is 5.75 Å². The first-order chi connectivity index (χ1) is 12.0. The minimum Gasteiger partial charge on any atom is -0.464 e. The van der Waals surface area contributed by atoms with Gasteiger partial charge in [-0.05, 0) is 24.0 Å². The molecule has 140 valence electrons. The molecule has 5 heteroatoms. The van der Waals surface area contributed by atoms with E-state index < -0.39 is 11.9 Å². The number of rotatable bonds is 12. The van der Waals surface area contributed by atoms with Crippen LogP contribution in [0.5, 0.6) is 5.75 Å². The number of hydrogen-bond donors (Lipinski definition) is 0. The molecule has 0 radical (unpaired) electrons. The maximum atomic E-state index is 11.8. The summed E-state index contributed by atoms with van der Waals surface area (Å²) < 4.78 is 15.4. The number of ether oxygens (including phenoxy) is 3. The molecule has 0 N–H and O–H groups in total. The number of unbranched alkanes of at least 4 members (excludes halogenated alkanes) is 4. The fourth-order valence-electron chi connectivity index (χ4n) is 2.35. The van der Waals surface area contributed by atoms with Crippen LogP contribution in [0, 0.1) is 0 Å². The number of carbonyl (C=O) groups is 2. The normalized spacial score (nSPS) is 10.7. The molecule has 0 saturated heterocycles. The number of carbonyl (C=O) groups excluding carboxylic acids is 2. The highest BCUT2D eigenvalue weighted by Gasteiger charge is 2.12. The van der Waals surface area contributed by atoms with Gasteiger partial charge in [-0.25, -0.2) is 9.59 Å². The zero-order valence-corrected chi connectivity index (χ0v) is 15.6. The number of esters is 2. The Morgan fingerprint density at radius 1 is 0.960 bits per heavy atom. The van der Waals surface area contributed by atoms with Crippen molar-refractivity contribution >= 4 is 11.9 Å². The van der Waals surface area contributed by atoms with Crippen LogP contribution >= 0.6 is 0 Å². The summed E-state index contributed by atoms with van der Waals surface area (Å²) in [7, 11) is 0. The van der Waals surface area contributed by atoms with Gasteiger partial charge in [0, 0.05) is 0 Å². The third-order valence-corrected chi connectivity index (χ3v) is 3.72. The molecule has 0 aliphatic heterocycles. The van der Waals surface area contributed by atoms with Gasteiger partial charge in [0.25, 0.3) is 0 Å². The summed E-state index contributed by atoms with van der Waals surface area (Å²) in [6.45, 7) is 6.10. The van der Waals surface area contributed by atoms with Gasteiger partial charge in [0.05, 0.1) is 6.61 Å². The Morgan fingerprint density at radius 3 is 2.36 bits per heavy atom. The van der Waals surface area contributed by atoms with Crippen LogP contribution in [0.2, 0.25) is 0 Å². The lowest BCUT2D eigenvalue weighted by molar-refractivity contribution is -0.152. The van der Waals surface area contributed by atoms with Gasteiger partial charge in [-0.15, -0.1) is 0 Å². The molecular formula is C20H30O5. The number of para-hydroxylation sites is 1. The fraction of sp³-hybridized carbons (Fsp3) is 0.600. The van der Waals surface area contributed by atoms with Crippen molar-refractivity contribution in [2.24, 2.45) is 0 Å². The average Bonchev–Trinajstić information content (AvgIpc) is 2.58. The molecule has 0 saturated carbocycles. The maximum Gasteiger partial charge on any atom is 0.337 e. The van der Waals surface area contributed by atoms with Crippen molar-refractivity contribution < 1.29 is 23.8 Å². The molecule has 5 nitrogen and oxygen atoms in total. The molecule has 0 amide bonds. The van der Waals surface area contributed by atoms with E-state index in [0.29, 0.717) is 12.4 Å². The summed E-state index contributed by atoms with van der Waals surface area (Å²) in [4.78, 5) is 23.3. The quantitative estimate of drug-likeness (QED) is 0.320. The molecule has 0 atom stereocenters. The van der Waals surface area contributed by atoms with Gasteiger partial charge in [0.15, 0.2) is 0 Å². The van der Waals surface area contributed by atoms with E-state index in [9.17, 15) is 9.59 Å². The first kappa shape index (κ1) is 21.2. The lowest BCUT2D eigenvalue weighted by Crippen LogP contribution is -2.21. The van der Waals surface area contributed by atoms with E-state index in [2.05, 4.69) is 6.92 Å². The van der Waals surface area contributed by atoms with Gasteiger partial charge >= 0.3 is 11.9 Å². The topological polar surface area (TPSA) is 61.8 Å². The van der Waals surface area contributed by atoms with Crippen molar-refractivity contribution in [2.75, 3.05) is 19.8 Å². The first-order valence-electron chi connectivity index (χ1n) is 9.07. The van der Waals surface area contributed by atoms with Gasteiger partial charge in [-0.2, -0.15) is 0 Å². The summed E-state index contributed by atoms with van der Waals surface area (Å²) in [6, 6.07) is 7.39. The Balaban J connectivity index is 2.19. The maximum absolute atomic E-state index is 11.8. The van der Waals surface area contributed by atoms with Crippen LogP contribution < -0.4 is 4.74 Å². The summed E-state index contributed by atoms with van der Waals surface area (Å²) in [5.41, 5.74) is 0.957. The Kier molecular flexibility index (Phi) is 10.6. The molecule has 0 aliphatic carbocycles. The molecule has 0 heterocycles. The van der Waals surface area contributed by atoms with E-state index in [0.717, 1.165) is 24.8 Å². The van der Waals surface area contributed by atoms with E-state index in [1.54, 1.807) is 6.07 Å². The van der Waals surface area contributed by atoms with Gasteiger partial charge in [0.1, 0.15) is 19.0 Å². The highest BCUT2D eigenvalue weighted by atomic mass is 16.6. The van der Waals surface area contributed by atoms with Crippen molar-refractivity contribution in [3.63, 3.8) is 0 Å². The zero-order chi connectivity index (χ0) is 18.5. The minimum atomic E-state index is -0.527. The molecule has 1 aromatic rings. The lowest BCUT2D eigenvalue weighted by Gasteiger charge is -2.12. The second kappa shape index (κ2) is 12.5. The van der Waals surface area contributed by atoms with E-state index in [4.69, 9.17) is 14.2 Å². The van der Waals surface area contributed by atoms with Gasteiger partial charge in [-0.1, -0.05) is 64.7 Å². The summed E-state index contributed by atoms with van der Waals surface area (Å²) in [5.74, 6) is -0.204. The molecule has 0 fully saturated rings. The molecule has 0 unspecified atom stereocenters. The molecule has 1 aromatic carbocycles. The van der Waals surface area contributed by atoms with Crippen molar-refractivity contribution in [2.45, 2.75) is 58.8 Å². The second-order valence-corrected chi connectivity index (χ2v) is 6.29. The molecule has 0 spiro atoms. The average molecular weight is 350 g/mol. The van der Waals surface area contributed by atoms with E-state index in [1.807, 2.05) is 32.0 Å². The van der Waals surface area contributed by atoms with Crippen molar-refractivity contribution in [1.82, 2.24) is 0 Å². The highest BCUT2D eigenvalue weighted by Crippen LogP contribution is 2.25. The van der Waals surface area contributed by atoms with E-state index in [-0.39, 0.29) is 19.1 Å². The first-order valence-corrected chi connectivity index (χ1v) is 9.07. The standard InChI is InChI=1S/C20H30O5/c1-4-5-6-7-10-13-24-19(21)14-23-15-20(22)25-18-12-9-8-11-17(18)16(2)3/h8-9,11-12,16H,4-7,10,13-15H2,1-3H3. The Labute approximate surface area is 150 Å². The van der Waals surface area contributed by atoms with Crippen LogP contribution in [0.25, 0.3) is 0 Å². The largest absolute Gasteiger partial charge is 0.464 e. The van der Waals surface area contributed by atoms with Gasteiger partial charge in [-0.3, -0.25) is 0 Å². The van der Waals surface area contributed by atoms with Crippen LogP contribution in [-0.2, 0) is 19.1 Å². The summed E-state index contributed by atoms with van der Waals surface area (Å²) in [6.07, 6.45) is 5.47. The summed E-state index contributed by atoms with van der Waals surface area (Å²) in [5, 5.41) is 0. The van der Waals surface area contributed by atoms with Crippen molar-refractivity contribution in [3.05, 3.63) is 29.8 Å². The second-order valence-electron chi connectivity index (χ2n) is 6.29. The SMILES string of the molecule is CCCCCCCOC(=O)COCC(=O)Oc1ccccc1C(C)C. The Bertz CT molecular complexity index is 525. The Morgan fingerprint density at radius 2 is 1.64 bits per heavy atom. The number of benzene rings is 1. The van der Waals surface area contributed by atoms with Crippen LogP contribution in [0.4, 0.5) is 0 Å². The smallest absolute Gasteiger partial charge is 0.337 e. The van der Waals surface area contributed by atoms with Crippen LogP contribution in [0.3, 0.4) is 0 Å². The van der Waals surface area contributed by atoms with Crippen LogP contribution in [-0.4, -0.2) is 31.8 Å². The molecule has 0 aliphatic rings. The summed E-state index contributed by atoms with van der Waals surface area (Å²) >= 11 is 0. The minimum absolute atomic E-state index is 0.240. The lowest BCUT2D eigenvalue weighted by atomic mass is 10.0. The van der Waals surface area contributed by atoms with E-state index in [1.165, 1.54) is 12.8 Å². The highest BCUT2D eigenvalue weighted by molar-refractivity contribution is 5.75. The van der Waals surface area contributed by atoms with Crippen molar-refractivity contribution in [1.29, 1.82) is 0 Å². The zero-order valence-electron chi connectivity index (χ0n) is 15.6. The third kappa shape index (κ3) is 9.25. The van der Waals surface area contributed by atoms with Crippen LogP contribution in [0.1, 0.15) is 64.4 Å². The monoisotopic (exact) mass is 350 g/mol.